The Morgan fingerprint density at radius 1 is 0.851 bits per heavy atom. The summed E-state index contributed by atoms with van der Waals surface area (Å²) in [5, 5.41) is 10.4. The third kappa shape index (κ3) is 6.61. The normalized spacial score (nSPS) is 11.7. The van der Waals surface area contributed by atoms with Crippen LogP contribution in [0.2, 0.25) is 0 Å². The summed E-state index contributed by atoms with van der Waals surface area (Å²) in [4.78, 5) is 30.0. The van der Waals surface area contributed by atoms with Gasteiger partial charge in [-0.25, -0.2) is 27.5 Å². The number of rotatable bonds is 9. The summed E-state index contributed by atoms with van der Waals surface area (Å²) in [6, 6.07) is 24.9. The molecule has 234 valence electrons. The van der Waals surface area contributed by atoms with Gasteiger partial charge in [-0.2, -0.15) is 5.10 Å². The van der Waals surface area contributed by atoms with E-state index in [0.717, 1.165) is 11.8 Å². The Kier molecular flexibility index (Phi) is 7.75. The van der Waals surface area contributed by atoms with E-state index in [2.05, 4.69) is 30.2 Å². The van der Waals surface area contributed by atoms with Crippen molar-refractivity contribution in [3.8, 4) is 33.9 Å². The van der Waals surface area contributed by atoms with Gasteiger partial charge < -0.3 is 10.3 Å². The van der Waals surface area contributed by atoms with Crippen LogP contribution in [0, 0.1) is 5.82 Å². The Morgan fingerprint density at radius 2 is 1.70 bits per heavy atom. The lowest BCUT2D eigenvalue weighted by Crippen LogP contribution is -2.21. The van der Waals surface area contributed by atoms with E-state index < -0.39 is 15.8 Å². The highest BCUT2D eigenvalue weighted by atomic mass is 32.2. The Bertz CT molecular complexity index is 2390. The number of para-hydroxylation sites is 1. The van der Waals surface area contributed by atoms with Gasteiger partial charge in [-0.3, -0.25) is 14.9 Å². The fourth-order valence-corrected chi connectivity index (χ4v) is 5.79. The molecule has 4 aromatic heterocycles. The molecule has 0 radical (unpaired) electrons. The van der Waals surface area contributed by atoms with Crippen molar-refractivity contribution in [2.75, 3.05) is 11.6 Å². The standard InChI is InChI=1S/C34H27FN8O3S/c1-47(45,46)37-17-21-12-22(15-24(35)13-21)26-8-5-9-28-31(26)41-34(40-28)33-32-29(42-43-33)11-10-27(39-32)23-16-25(19-36-18-23)38-30(44)14-20-6-3-2-4-7-20/h2-13,15-16,18-19,37H,14,17H2,1H3,(H,38,44)(H,40,41)(H,42,43). The minimum Gasteiger partial charge on any atom is -0.336 e. The first-order chi connectivity index (χ1) is 22.7. The third-order valence-corrected chi connectivity index (χ3v) is 8.15. The van der Waals surface area contributed by atoms with Crippen molar-refractivity contribution < 1.29 is 17.6 Å². The molecule has 0 aliphatic carbocycles. The largest absolute Gasteiger partial charge is 0.336 e. The number of benzene rings is 3. The number of anilines is 1. The number of sulfonamides is 1. The summed E-state index contributed by atoms with van der Waals surface area (Å²) in [5.41, 5.74) is 7.52. The first-order valence-electron chi connectivity index (χ1n) is 14.6. The lowest BCUT2D eigenvalue weighted by Gasteiger charge is -2.08. The molecule has 13 heteroatoms. The molecule has 47 heavy (non-hydrogen) atoms. The van der Waals surface area contributed by atoms with E-state index in [1.807, 2.05) is 66.7 Å². The zero-order valence-corrected chi connectivity index (χ0v) is 25.8. The second-order valence-corrected chi connectivity index (χ2v) is 12.9. The van der Waals surface area contributed by atoms with Gasteiger partial charge in [-0.1, -0.05) is 42.5 Å². The smallest absolute Gasteiger partial charge is 0.228 e. The number of hydrogen-bond donors (Lipinski definition) is 4. The van der Waals surface area contributed by atoms with Gasteiger partial charge in [0.2, 0.25) is 15.9 Å². The minimum atomic E-state index is -3.45. The number of H-pyrrole nitrogens is 2. The molecular formula is C34H27FN8O3S. The summed E-state index contributed by atoms with van der Waals surface area (Å²) < 4.78 is 40.2. The Hall–Kier alpha value is -5.79. The molecule has 0 saturated heterocycles. The molecule has 0 atom stereocenters. The Balaban J connectivity index is 1.20. The van der Waals surface area contributed by atoms with Gasteiger partial charge in [0.25, 0.3) is 0 Å². The average molecular weight is 647 g/mol. The van der Waals surface area contributed by atoms with Crippen LogP contribution in [-0.4, -0.2) is 50.7 Å². The number of nitrogens with zero attached hydrogens (tertiary/aromatic N) is 4. The van der Waals surface area contributed by atoms with Crippen LogP contribution in [0.25, 0.3) is 56.0 Å². The van der Waals surface area contributed by atoms with E-state index in [0.29, 0.717) is 67.2 Å². The number of amides is 1. The van der Waals surface area contributed by atoms with Crippen molar-refractivity contribution in [2.24, 2.45) is 0 Å². The molecule has 0 unspecified atom stereocenters. The van der Waals surface area contributed by atoms with Crippen LogP contribution in [0.4, 0.5) is 10.1 Å². The van der Waals surface area contributed by atoms with Crippen LogP contribution in [0.15, 0.2) is 97.3 Å². The Morgan fingerprint density at radius 3 is 2.53 bits per heavy atom. The Labute approximate surface area is 268 Å². The van der Waals surface area contributed by atoms with Crippen molar-refractivity contribution in [3.63, 3.8) is 0 Å². The van der Waals surface area contributed by atoms with Gasteiger partial charge in [-0.15, -0.1) is 0 Å². The van der Waals surface area contributed by atoms with Gasteiger partial charge >= 0.3 is 0 Å². The van der Waals surface area contributed by atoms with E-state index in [9.17, 15) is 17.6 Å². The lowest BCUT2D eigenvalue weighted by molar-refractivity contribution is -0.115. The zero-order chi connectivity index (χ0) is 32.5. The van der Waals surface area contributed by atoms with Gasteiger partial charge in [-0.05, 0) is 59.2 Å². The van der Waals surface area contributed by atoms with E-state index in [1.54, 1.807) is 18.5 Å². The SMILES string of the molecule is CS(=O)(=O)NCc1cc(F)cc(-c2cccc3[nH]c(-c4n[nH]c5ccc(-c6cncc(NC(=O)Cc7ccccc7)c6)nc45)nc23)c1. The van der Waals surface area contributed by atoms with Gasteiger partial charge in [0.15, 0.2) is 11.5 Å². The maximum absolute atomic E-state index is 14.6. The summed E-state index contributed by atoms with van der Waals surface area (Å²) in [6.45, 7) is -0.0445. The van der Waals surface area contributed by atoms with Crippen LogP contribution >= 0.6 is 0 Å². The molecule has 0 bridgehead atoms. The van der Waals surface area contributed by atoms with Crippen molar-refractivity contribution in [1.29, 1.82) is 0 Å². The van der Waals surface area contributed by atoms with Crippen LogP contribution in [0.1, 0.15) is 11.1 Å². The third-order valence-electron chi connectivity index (χ3n) is 7.48. The topological polar surface area (TPSA) is 158 Å². The number of nitrogens with one attached hydrogen (secondary N) is 4. The predicted octanol–water partition coefficient (Wildman–Crippen LogP) is 5.60. The quantitative estimate of drug-likeness (QED) is 0.159. The number of aromatic nitrogens is 6. The average Bonchev–Trinajstić information content (AvgIpc) is 3.68. The summed E-state index contributed by atoms with van der Waals surface area (Å²) >= 11 is 0. The molecular weight excluding hydrogens is 619 g/mol. The van der Waals surface area contributed by atoms with Gasteiger partial charge in [0, 0.05) is 23.9 Å². The number of halogens is 1. The van der Waals surface area contributed by atoms with Crippen molar-refractivity contribution in [1.82, 2.24) is 34.9 Å². The highest BCUT2D eigenvalue weighted by Gasteiger charge is 2.18. The van der Waals surface area contributed by atoms with E-state index >= 15 is 0 Å². The molecule has 7 rings (SSSR count). The maximum Gasteiger partial charge on any atom is 0.228 e. The first-order valence-corrected chi connectivity index (χ1v) is 16.5. The van der Waals surface area contributed by atoms with E-state index in [1.165, 1.54) is 12.1 Å². The summed E-state index contributed by atoms with van der Waals surface area (Å²) in [6.07, 6.45) is 4.56. The van der Waals surface area contributed by atoms with Crippen LogP contribution in [0.3, 0.4) is 0 Å². The predicted molar refractivity (Wildman–Crippen MR) is 178 cm³/mol. The number of imidazole rings is 1. The van der Waals surface area contributed by atoms with Crippen molar-refractivity contribution >= 4 is 43.7 Å². The highest BCUT2D eigenvalue weighted by molar-refractivity contribution is 7.88. The second kappa shape index (κ2) is 12.2. The summed E-state index contributed by atoms with van der Waals surface area (Å²) in [5.74, 6) is -0.191. The molecule has 0 aliphatic heterocycles. The molecule has 0 spiro atoms. The molecule has 11 nitrogen and oxygen atoms in total. The highest BCUT2D eigenvalue weighted by Crippen LogP contribution is 2.33. The van der Waals surface area contributed by atoms with Crippen molar-refractivity contribution in [3.05, 3.63) is 114 Å². The monoisotopic (exact) mass is 646 g/mol. The molecule has 0 saturated carbocycles. The molecule has 0 aliphatic rings. The molecule has 7 aromatic rings. The van der Waals surface area contributed by atoms with Gasteiger partial charge in [0.1, 0.15) is 11.3 Å². The fraction of sp³-hybridized carbons (Fsp3) is 0.0882. The molecule has 3 aromatic carbocycles. The molecule has 4 N–H and O–H groups in total. The molecule has 4 heterocycles. The number of pyridine rings is 2. The number of carbonyl (C=O) groups excluding carboxylic acids is 1. The molecule has 0 fully saturated rings. The number of aromatic amines is 2. The van der Waals surface area contributed by atoms with E-state index in [4.69, 9.17) is 9.97 Å². The number of carbonyl (C=O) groups is 1. The van der Waals surface area contributed by atoms with E-state index in [-0.39, 0.29) is 18.9 Å². The second-order valence-electron chi connectivity index (χ2n) is 11.1. The summed E-state index contributed by atoms with van der Waals surface area (Å²) in [7, 11) is -3.45. The zero-order valence-electron chi connectivity index (χ0n) is 25.0. The van der Waals surface area contributed by atoms with Crippen LogP contribution < -0.4 is 10.0 Å². The fourth-order valence-electron chi connectivity index (χ4n) is 5.36. The lowest BCUT2D eigenvalue weighted by atomic mass is 10.0. The minimum absolute atomic E-state index is 0.0445. The first kappa shape index (κ1) is 29.9. The van der Waals surface area contributed by atoms with Crippen molar-refractivity contribution in [2.45, 2.75) is 13.0 Å². The molecule has 1 amide bonds. The van der Waals surface area contributed by atoms with Gasteiger partial charge in [0.05, 0.1) is 46.8 Å². The number of fused-ring (bicyclic) bond motifs is 2. The van der Waals surface area contributed by atoms with Crippen LogP contribution in [0.5, 0.6) is 0 Å². The maximum atomic E-state index is 14.6. The van der Waals surface area contributed by atoms with Crippen LogP contribution in [-0.2, 0) is 27.8 Å². The number of hydrogen-bond acceptors (Lipinski definition) is 7.